The van der Waals surface area contributed by atoms with Gasteiger partial charge in [-0.2, -0.15) is 5.10 Å². The molecule has 0 saturated heterocycles. The van der Waals surface area contributed by atoms with E-state index in [-0.39, 0.29) is 5.69 Å². The highest BCUT2D eigenvalue weighted by Crippen LogP contribution is 2.18. The van der Waals surface area contributed by atoms with E-state index < -0.39 is 4.92 Å². The number of hydrogen-bond donors (Lipinski definition) is 1. The average molecular weight is 290 g/mol. The summed E-state index contributed by atoms with van der Waals surface area (Å²) in [5.74, 6) is 0. The topological polar surface area (TPSA) is 67.5 Å². The molecule has 0 amide bonds. The Morgan fingerprint density at radius 1 is 1.25 bits per heavy atom. The van der Waals surface area contributed by atoms with Gasteiger partial charge in [-0.3, -0.25) is 15.5 Å². The number of nitrogens with one attached hydrogen (secondary N) is 1. The molecule has 0 unspecified atom stereocenters. The molecule has 102 valence electrons. The number of rotatable bonds is 4. The number of nitro benzene ring substituents is 1. The standard InChI is InChI=1S/C14H12ClN3O2/c1-10-2-3-11(8-14(10)18(19)20)9-16-17-13-6-4-12(15)5-7-13/h2-9,17H,1H3/b16-9-. The van der Waals surface area contributed by atoms with E-state index in [1.165, 1.54) is 12.3 Å². The predicted octanol–water partition coefficient (Wildman–Crippen LogP) is 4.00. The van der Waals surface area contributed by atoms with Crippen LogP contribution < -0.4 is 5.43 Å². The van der Waals surface area contributed by atoms with Gasteiger partial charge in [0.25, 0.3) is 5.69 Å². The second-order valence-corrected chi connectivity index (χ2v) is 4.62. The lowest BCUT2D eigenvalue weighted by Gasteiger charge is -2.00. The molecule has 0 heterocycles. The van der Waals surface area contributed by atoms with Crippen LogP contribution in [0, 0.1) is 17.0 Å². The van der Waals surface area contributed by atoms with Crippen molar-refractivity contribution in [3.8, 4) is 0 Å². The van der Waals surface area contributed by atoms with Crippen molar-refractivity contribution in [3.63, 3.8) is 0 Å². The molecule has 0 spiro atoms. The Balaban J connectivity index is 2.10. The maximum absolute atomic E-state index is 10.8. The number of nitrogens with zero attached hydrogens (tertiary/aromatic N) is 2. The molecule has 6 heteroatoms. The minimum Gasteiger partial charge on any atom is -0.279 e. The van der Waals surface area contributed by atoms with Gasteiger partial charge in [0.2, 0.25) is 0 Å². The normalized spacial score (nSPS) is 10.7. The molecule has 0 atom stereocenters. The zero-order chi connectivity index (χ0) is 14.5. The van der Waals surface area contributed by atoms with Crippen molar-refractivity contribution in [2.75, 3.05) is 5.43 Å². The van der Waals surface area contributed by atoms with Gasteiger partial charge in [0, 0.05) is 22.2 Å². The van der Waals surface area contributed by atoms with Crippen molar-refractivity contribution in [2.24, 2.45) is 5.10 Å². The quantitative estimate of drug-likeness (QED) is 0.525. The van der Waals surface area contributed by atoms with E-state index in [1.807, 2.05) is 0 Å². The maximum atomic E-state index is 10.8. The minimum absolute atomic E-state index is 0.0837. The molecule has 2 aromatic carbocycles. The third-order valence-electron chi connectivity index (χ3n) is 2.68. The molecule has 1 N–H and O–H groups in total. The first-order valence-electron chi connectivity index (χ1n) is 5.86. The fourth-order valence-electron chi connectivity index (χ4n) is 1.61. The first kappa shape index (κ1) is 14.0. The largest absolute Gasteiger partial charge is 0.279 e. The van der Waals surface area contributed by atoms with Crippen LogP contribution in [0.1, 0.15) is 11.1 Å². The molecule has 0 aliphatic heterocycles. The van der Waals surface area contributed by atoms with Gasteiger partial charge in [-0.15, -0.1) is 0 Å². The van der Waals surface area contributed by atoms with Crippen molar-refractivity contribution in [3.05, 3.63) is 68.7 Å². The maximum Gasteiger partial charge on any atom is 0.272 e. The highest BCUT2D eigenvalue weighted by molar-refractivity contribution is 6.30. The van der Waals surface area contributed by atoms with E-state index in [9.17, 15) is 10.1 Å². The fourth-order valence-corrected chi connectivity index (χ4v) is 1.74. The first-order chi connectivity index (χ1) is 9.56. The van der Waals surface area contributed by atoms with Crippen molar-refractivity contribution >= 4 is 29.2 Å². The van der Waals surface area contributed by atoms with E-state index in [2.05, 4.69) is 10.5 Å². The Kier molecular flexibility index (Phi) is 4.32. The molecule has 0 aromatic heterocycles. The highest BCUT2D eigenvalue weighted by Gasteiger charge is 2.09. The summed E-state index contributed by atoms with van der Waals surface area (Å²) in [7, 11) is 0. The van der Waals surface area contributed by atoms with Crippen molar-refractivity contribution in [2.45, 2.75) is 6.92 Å². The van der Waals surface area contributed by atoms with Gasteiger partial charge in [-0.25, -0.2) is 0 Å². The lowest BCUT2D eigenvalue weighted by molar-refractivity contribution is -0.385. The molecule has 0 saturated carbocycles. The van der Waals surface area contributed by atoms with Crippen LogP contribution in [0.2, 0.25) is 5.02 Å². The summed E-state index contributed by atoms with van der Waals surface area (Å²) in [6, 6.07) is 12.0. The van der Waals surface area contributed by atoms with Gasteiger partial charge in [-0.05, 0) is 31.2 Å². The number of aryl methyl sites for hydroxylation is 1. The molecule has 0 bridgehead atoms. The molecular weight excluding hydrogens is 278 g/mol. The Bertz CT molecular complexity index is 654. The third kappa shape index (κ3) is 3.55. The number of anilines is 1. The zero-order valence-electron chi connectivity index (χ0n) is 10.7. The van der Waals surface area contributed by atoms with Gasteiger partial charge < -0.3 is 0 Å². The molecule has 2 rings (SSSR count). The second-order valence-electron chi connectivity index (χ2n) is 4.18. The monoisotopic (exact) mass is 289 g/mol. The lowest BCUT2D eigenvalue weighted by atomic mass is 10.1. The summed E-state index contributed by atoms with van der Waals surface area (Å²) in [4.78, 5) is 10.4. The predicted molar refractivity (Wildman–Crippen MR) is 80.5 cm³/mol. The summed E-state index contributed by atoms with van der Waals surface area (Å²) in [5, 5.41) is 15.5. The summed E-state index contributed by atoms with van der Waals surface area (Å²) >= 11 is 5.77. The van der Waals surface area contributed by atoms with Crippen molar-refractivity contribution in [1.29, 1.82) is 0 Å². The zero-order valence-corrected chi connectivity index (χ0v) is 11.5. The van der Waals surface area contributed by atoms with E-state index in [4.69, 9.17) is 11.6 Å². The minimum atomic E-state index is -0.403. The molecule has 0 fully saturated rings. The van der Waals surface area contributed by atoms with Gasteiger partial charge >= 0.3 is 0 Å². The number of halogens is 1. The van der Waals surface area contributed by atoms with E-state index >= 15 is 0 Å². The Morgan fingerprint density at radius 2 is 1.95 bits per heavy atom. The van der Waals surface area contributed by atoms with Crippen molar-refractivity contribution < 1.29 is 4.92 Å². The van der Waals surface area contributed by atoms with Gasteiger partial charge in [0.1, 0.15) is 0 Å². The number of hydrogen-bond acceptors (Lipinski definition) is 4. The number of benzene rings is 2. The van der Waals surface area contributed by atoms with Crippen LogP contribution in [0.4, 0.5) is 11.4 Å². The summed E-state index contributed by atoms with van der Waals surface area (Å²) < 4.78 is 0. The summed E-state index contributed by atoms with van der Waals surface area (Å²) in [6.45, 7) is 1.70. The molecule has 0 aliphatic rings. The Labute approximate surface area is 121 Å². The van der Waals surface area contributed by atoms with Crippen LogP contribution in [0.3, 0.4) is 0 Å². The highest BCUT2D eigenvalue weighted by atomic mass is 35.5. The second kappa shape index (κ2) is 6.16. The van der Waals surface area contributed by atoms with Crippen LogP contribution in [0.15, 0.2) is 47.6 Å². The SMILES string of the molecule is Cc1ccc(/C=N\Nc2ccc(Cl)cc2)cc1[N+](=O)[O-]. The third-order valence-corrected chi connectivity index (χ3v) is 2.93. The van der Waals surface area contributed by atoms with Crippen LogP contribution in [0.5, 0.6) is 0 Å². The number of nitro groups is 1. The molecule has 2 aromatic rings. The van der Waals surface area contributed by atoms with Crippen LogP contribution in [0.25, 0.3) is 0 Å². The van der Waals surface area contributed by atoms with Crippen LogP contribution in [-0.2, 0) is 0 Å². The van der Waals surface area contributed by atoms with Gasteiger partial charge in [0.15, 0.2) is 0 Å². The van der Waals surface area contributed by atoms with E-state index in [0.29, 0.717) is 16.1 Å². The van der Waals surface area contributed by atoms with Gasteiger partial charge in [-0.1, -0.05) is 23.7 Å². The molecular formula is C14H12ClN3O2. The molecule has 0 aliphatic carbocycles. The Hall–Kier alpha value is -2.40. The molecule has 5 nitrogen and oxygen atoms in total. The Morgan fingerprint density at radius 3 is 2.60 bits per heavy atom. The van der Waals surface area contributed by atoms with Crippen molar-refractivity contribution in [1.82, 2.24) is 0 Å². The smallest absolute Gasteiger partial charge is 0.272 e. The van der Waals surface area contributed by atoms with Crippen LogP contribution in [-0.4, -0.2) is 11.1 Å². The summed E-state index contributed by atoms with van der Waals surface area (Å²) in [6.07, 6.45) is 1.53. The first-order valence-corrected chi connectivity index (χ1v) is 6.24. The van der Waals surface area contributed by atoms with E-state index in [1.54, 1.807) is 43.3 Å². The lowest BCUT2D eigenvalue weighted by Crippen LogP contribution is -1.95. The van der Waals surface area contributed by atoms with Crippen LogP contribution >= 0.6 is 11.6 Å². The summed E-state index contributed by atoms with van der Waals surface area (Å²) in [5.41, 5.74) is 4.97. The van der Waals surface area contributed by atoms with E-state index in [0.717, 1.165) is 5.69 Å². The van der Waals surface area contributed by atoms with Gasteiger partial charge in [0.05, 0.1) is 16.8 Å². The number of hydrazone groups is 1. The fraction of sp³-hybridized carbons (Fsp3) is 0.0714. The molecule has 20 heavy (non-hydrogen) atoms. The average Bonchev–Trinajstić information content (AvgIpc) is 2.42. The molecule has 0 radical (unpaired) electrons.